The summed E-state index contributed by atoms with van der Waals surface area (Å²) in [5, 5.41) is 0. The number of amides is 2. The van der Waals surface area contributed by atoms with Crippen LogP contribution in [-0.4, -0.2) is 53.7 Å². The van der Waals surface area contributed by atoms with Gasteiger partial charge in [0.15, 0.2) is 5.41 Å². The van der Waals surface area contributed by atoms with Gasteiger partial charge >= 0.3 is 11.9 Å². The number of ether oxygens (including phenoxy) is 3. The summed E-state index contributed by atoms with van der Waals surface area (Å²) in [6.07, 6.45) is -1.33. The molecular weight excluding hydrogens is 366 g/mol. The minimum absolute atomic E-state index is 0.0632. The summed E-state index contributed by atoms with van der Waals surface area (Å²) in [7, 11) is 0. The van der Waals surface area contributed by atoms with Crippen molar-refractivity contribution in [2.24, 2.45) is 5.41 Å². The van der Waals surface area contributed by atoms with Gasteiger partial charge in [-0.1, -0.05) is 12.1 Å². The van der Waals surface area contributed by atoms with Crippen molar-refractivity contribution in [1.29, 1.82) is 0 Å². The predicted molar refractivity (Wildman–Crippen MR) is 96.2 cm³/mol. The molecule has 2 amide bonds. The van der Waals surface area contributed by atoms with Gasteiger partial charge in [-0.05, 0) is 39.8 Å². The van der Waals surface area contributed by atoms with Crippen LogP contribution in [0.3, 0.4) is 0 Å². The molecule has 8 heteroatoms. The molecule has 3 rings (SSSR count). The highest BCUT2D eigenvalue weighted by molar-refractivity contribution is 6.21. The number of carbonyl (C=O) groups excluding carboxylic acids is 4. The minimum Gasteiger partial charge on any atom is -0.465 e. The molecule has 8 nitrogen and oxygen atoms in total. The summed E-state index contributed by atoms with van der Waals surface area (Å²) in [6.45, 7) is 6.49. The summed E-state index contributed by atoms with van der Waals surface area (Å²) in [5.41, 5.74) is -2.62. The summed E-state index contributed by atoms with van der Waals surface area (Å²) in [4.78, 5) is 52.3. The first-order valence-electron chi connectivity index (χ1n) is 9.20. The topological polar surface area (TPSA) is 99.2 Å². The molecule has 0 bridgehead atoms. The molecule has 1 atom stereocenters. The van der Waals surface area contributed by atoms with E-state index in [9.17, 15) is 19.2 Å². The average molecular weight is 389 g/mol. The van der Waals surface area contributed by atoms with Crippen LogP contribution in [0.4, 0.5) is 0 Å². The number of carbonyl (C=O) groups is 4. The second-order valence-electron chi connectivity index (χ2n) is 7.16. The Morgan fingerprint density at radius 2 is 1.50 bits per heavy atom. The third-order valence-electron chi connectivity index (χ3n) is 5.30. The molecule has 0 aliphatic carbocycles. The van der Waals surface area contributed by atoms with Gasteiger partial charge in [-0.3, -0.25) is 19.2 Å². The van der Waals surface area contributed by atoms with E-state index in [2.05, 4.69) is 0 Å². The lowest BCUT2D eigenvalue weighted by molar-refractivity contribution is -0.184. The Hall–Kier alpha value is -2.74. The first-order valence-corrected chi connectivity index (χ1v) is 9.20. The van der Waals surface area contributed by atoms with Gasteiger partial charge < -0.3 is 14.2 Å². The van der Waals surface area contributed by atoms with Crippen molar-refractivity contribution >= 4 is 23.8 Å². The lowest BCUT2D eigenvalue weighted by atomic mass is 9.72. The van der Waals surface area contributed by atoms with E-state index in [1.165, 1.54) is 0 Å². The van der Waals surface area contributed by atoms with Crippen molar-refractivity contribution in [2.75, 3.05) is 13.2 Å². The molecule has 28 heavy (non-hydrogen) atoms. The fraction of sp³-hybridized carbons (Fsp3) is 0.500. The molecule has 1 saturated heterocycles. The molecule has 1 fully saturated rings. The summed E-state index contributed by atoms with van der Waals surface area (Å²) in [6, 6.07) is 6.43. The Bertz CT molecular complexity index is 792. The highest BCUT2D eigenvalue weighted by Gasteiger charge is 2.68. The van der Waals surface area contributed by atoms with Gasteiger partial charge in [0.1, 0.15) is 6.23 Å². The summed E-state index contributed by atoms with van der Waals surface area (Å²) >= 11 is 0. The number of nitrogens with zero attached hydrogens (tertiary/aromatic N) is 1. The normalized spacial score (nSPS) is 22.1. The molecule has 0 radical (unpaired) electrons. The van der Waals surface area contributed by atoms with E-state index in [-0.39, 0.29) is 30.8 Å². The quantitative estimate of drug-likeness (QED) is 0.431. The molecule has 0 N–H and O–H groups in total. The Morgan fingerprint density at radius 1 is 1.04 bits per heavy atom. The van der Waals surface area contributed by atoms with Gasteiger partial charge in [0, 0.05) is 6.42 Å². The van der Waals surface area contributed by atoms with E-state index in [0.29, 0.717) is 0 Å². The molecule has 2 heterocycles. The van der Waals surface area contributed by atoms with Crippen molar-refractivity contribution in [3.63, 3.8) is 0 Å². The standard InChI is InChI=1S/C20H23NO7/c1-5-26-17(24)20(18(25)27-6-2)11-14(28-19(20,3)4)21-15(22)12-9-7-8-10-13(12)16(21)23/h7-10,14H,5-6,11H2,1-4H3/t14-/m1/s1. The van der Waals surface area contributed by atoms with Crippen LogP contribution in [0.15, 0.2) is 24.3 Å². The fourth-order valence-electron chi connectivity index (χ4n) is 3.85. The average Bonchev–Trinajstić information content (AvgIpc) is 3.07. The van der Waals surface area contributed by atoms with Crippen molar-refractivity contribution in [3.05, 3.63) is 35.4 Å². The highest BCUT2D eigenvalue weighted by atomic mass is 16.6. The number of fused-ring (bicyclic) bond motifs is 1. The van der Waals surface area contributed by atoms with Crippen LogP contribution in [0.1, 0.15) is 54.8 Å². The maximum atomic E-state index is 12.8. The predicted octanol–water partition coefficient (Wildman–Crippen LogP) is 1.92. The van der Waals surface area contributed by atoms with E-state index in [1.54, 1.807) is 52.0 Å². The third-order valence-corrected chi connectivity index (χ3v) is 5.30. The van der Waals surface area contributed by atoms with Gasteiger partial charge in [0.2, 0.25) is 0 Å². The molecule has 0 unspecified atom stereocenters. The largest absolute Gasteiger partial charge is 0.465 e. The second-order valence-corrected chi connectivity index (χ2v) is 7.16. The van der Waals surface area contributed by atoms with Gasteiger partial charge in [-0.25, -0.2) is 4.90 Å². The zero-order valence-electron chi connectivity index (χ0n) is 16.3. The smallest absolute Gasteiger partial charge is 0.326 e. The maximum absolute atomic E-state index is 12.8. The van der Waals surface area contributed by atoms with Crippen molar-refractivity contribution in [1.82, 2.24) is 4.90 Å². The first-order chi connectivity index (χ1) is 13.2. The molecule has 150 valence electrons. The van der Waals surface area contributed by atoms with Crippen LogP contribution in [0.25, 0.3) is 0 Å². The van der Waals surface area contributed by atoms with Crippen LogP contribution in [-0.2, 0) is 23.8 Å². The molecule has 2 aliphatic rings. The van der Waals surface area contributed by atoms with Crippen LogP contribution < -0.4 is 0 Å². The minimum atomic E-state index is -1.79. The Kier molecular flexibility index (Phi) is 5.01. The number of hydrogen-bond acceptors (Lipinski definition) is 7. The van der Waals surface area contributed by atoms with Gasteiger partial charge in [0.05, 0.1) is 29.9 Å². The van der Waals surface area contributed by atoms with Crippen LogP contribution in [0.5, 0.6) is 0 Å². The summed E-state index contributed by atoms with van der Waals surface area (Å²) in [5.74, 6) is -2.63. The number of imide groups is 1. The van der Waals surface area contributed by atoms with Crippen molar-refractivity contribution < 1.29 is 33.4 Å². The molecule has 0 spiro atoms. The molecule has 0 aromatic heterocycles. The van der Waals surface area contributed by atoms with Crippen molar-refractivity contribution in [3.8, 4) is 0 Å². The Labute approximate surface area is 162 Å². The first kappa shape index (κ1) is 20.0. The highest BCUT2D eigenvalue weighted by Crippen LogP contribution is 2.50. The molecule has 1 aromatic rings. The molecule has 0 saturated carbocycles. The lowest BCUT2D eigenvalue weighted by Gasteiger charge is -2.34. The van der Waals surface area contributed by atoms with Gasteiger partial charge in [-0.2, -0.15) is 0 Å². The van der Waals surface area contributed by atoms with Crippen LogP contribution in [0.2, 0.25) is 0 Å². The van der Waals surface area contributed by atoms with E-state index < -0.39 is 41.0 Å². The van der Waals surface area contributed by atoms with E-state index in [0.717, 1.165) is 4.90 Å². The van der Waals surface area contributed by atoms with Gasteiger partial charge in [0.25, 0.3) is 11.8 Å². The van der Waals surface area contributed by atoms with Crippen LogP contribution >= 0.6 is 0 Å². The second kappa shape index (κ2) is 7.01. The monoisotopic (exact) mass is 389 g/mol. The Balaban J connectivity index is 2.01. The molecule has 1 aromatic carbocycles. The lowest BCUT2D eigenvalue weighted by Crippen LogP contribution is -2.53. The third kappa shape index (κ3) is 2.71. The number of esters is 2. The van der Waals surface area contributed by atoms with E-state index >= 15 is 0 Å². The SMILES string of the molecule is CCOC(=O)C1(C(=O)OCC)C[C@H](N2C(=O)c3ccccc3C2=O)OC1(C)C. The van der Waals surface area contributed by atoms with Crippen LogP contribution in [0, 0.1) is 5.41 Å². The number of hydrogen-bond donors (Lipinski definition) is 0. The summed E-state index contributed by atoms with van der Waals surface area (Å²) < 4.78 is 16.2. The zero-order valence-corrected chi connectivity index (χ0v) is 16.3. The number of rotatable bonds is 5. The molecule has 2 aliphatic heterocycles. The van der Waals surface area contributed by atoms with E-state index in [1.807, 2.05) is 0 Å². The zero-order chi connectivity index (χ0) is 20.7. The van der Waals surface area contributed by atoms with Gasteiger partial charge in [-0.15, -0.1) is 0 Å². The number of benzene rings is 1. The molecular formula is C20H23NO7. The van der Waals surface area contributed by atoms with Crippen molar-refractivity contribution in [2.45, 2.75) is 45.9 Å². The van der Waals surface area contributed by atoms with E-state index in [4.69, 9.17) is 14.2 Å². The maximum Gasteiger partial charge on any atom is 0.326 e. The fourth-order valence-corrected chi connectivity index (χ4v) is 3.85. The Morgan fingerprint density at radius 3 is 1.93 bits per heavy atom.